The number of ketones is 1. The highest BCUT2D eigenvalue weighted by Crippen LogP contribution is 2.19. The molecule has 1 aliphatic rings. The lowest BCUT2D eigenvalue weighted by molar-refractivity contribution is -0.124. The molecular formula is C10H19N3O. The van der Waals surface area contributed by atoms with Gasteiger partial charge in [-0.3, -0.25) is 10.2 Å². The zero-order valence-corrected chi connectivity index (χ0v) is 8.75. The number of rotatable bonds is 3. The fraction of sp³-hybridized carbons (Fsp3) is 0.800. The maximum Gasteiger partial charge on any atom is 0.188 e. The summed E-state index contributed by atoms with van der Waals surface area (Å²) in [4.78, 5) is 13.4. The molecule has 0 aromatic rings. The maximum absolute atomic E-state index is 11.6. The first-order valence-electron chi connectivity index (χ1n) is 5.26. The number of nitrogens with zero attached hydrogens (tertiary/aromatic N) is 1. The van der Waals surface area contributed by atoms with Gasteiger partial charge in [-0.2, -0.15) is 0 Å². The molecule has 0 amide bonds. The number of guanidine groups is 1. The van der Waals surface area contributed by atoms with Gasteiger partial charge in [0.05, 0.1) is 0 Å². The Balaban J connectivity index is 2.35. The third kappa shape index (κ3) is 2.72. The number of nitrogens with one attached hydrogen (secondary N) is 1. The molecule has 0 saturated carbocycles. The van der Waals surface area contributed by atoms with Crippen LogP contribution in [-0.4, -0.2) is 29.7 Å². The average molecular weight is 197 g/mol. The van der Waals surface area contributed by atoms with E-state index in [9.17, 15) is 4.79 Å². The van der Waals surface area contributed by atoms with Crippen LogP contribution in [0.15, 0.2) is 0 Å². The van der Waals surface area contributed by atoms with Crippen LogP contribution in [0.1, 0.15) is 32.6 Å². The molecule has 0 aliphatic carbocycles. The predicted molar refractivity (Wildman–Crippen MR) is 56.1 cm³/mol. The SMILES string of the molecule is CCCC(=O)C1CCN(C(=N)N)CC1. The third-order valence-corrected chi connectivity index (χ3v) is 2.79. The van der Waals surface area contributed by atoms with Crippen molar-refractivity contribution in [2.45, 2.75) is 32.6 Å². The minimum absolute atomic E-state index is 0.131. The number of hydrogen-bond donors (Lipinski definition) is 2. The molecule has 1 aliphatic heterocycles. The van der Waals surface area contributed by atoms with Crippen LogP contribution in [0, 0.1) is 11.3 Å². The van der Waals surface area contributed by atoms with E-state index in [-0.39, 0.29) is 11.9 Å². The van der Waals surface area contributed by atoms with Gasteiger partial charge in [-0.15, -0.1) is 0 Å². The maximum atomic E-state index is 11.6. The quantitative estimate of drug-likeness (QED) is 0.523. The molecule has 1 saturated heterocycles. The molecule has 4 heteroatoms. The van der Waals surface area contributed by atoms with E-state index in [0.29, 0.717) is 12.2 Å². The molecule has 1 heterocycles. The number of carbonyl (C=O) groups is 1. The Kier molecular flexibility index (Phi) is 3.92. The molecule has 0 aromatic carbocycles. The highest BCUT2D eigenvalue weighted by Gasteiger charge is 2.24. The van der Waals surface area contributed by atoms with E-state index in [0.717, 1.165) is 32.4 Å². The fourth-order valence-electron chi connectivity index (χ4n) is 1.89. The molecule has 4 nitrogen and oxygen atoms in total. The number of hydrogen-bond acceptors (Lipinski definition) is 2. The first-order valence-corrected chi connectivity index (χ1v) is 5.26. The van der Waals surface area contributed by atoms with Crippen LogP contribution in [0.3, 0.4) is 0 Å². The molecule has 80 valence electrons. The van der Waals surface area contributed by atoms with Crippen molar-refractivity contribution in [1.29, 1.82) is 5.41 Å². The highest BCUT2D eigenvalue weighted by atomic mass is 16.1. The summed E-state index contributed by atoms with van der Waals surface area (Å²) < 4.78 is 0. The zero-order valence-electron chi connectivity index (χ0n) is 8.75. The molecule has 0 radical (unpaired) electrons. The van der Waals surface area contributed by atoms with Gasteiger partial charge in [0, 0.05) is 25.4 Å². The van der Waals surface area contributed by atoms with Crippen molar-refractivity contribution < 1.29 is 4.79 Å². The van der Waals surface area contributed by atoms with Gasteiger partial charge in [0.15, 0.2) is 5.96 Å². The Labute approximate surface area is 85.0 Å². The monoisotopic (exact) mass is 197 g/mol. The number of Topliss-reactive ketones (excluding diaryl/α,β-unsaturated/α-hetero) is 1. The second-order valence-electron chi connectivity index (χ2n) is 3.86. The van der Waals surface area contributed by atoms with Crippen LogP contribution < -0.4 is 5.73 Å². The smallest absolute Gasteiger partial charge is 0.188 e. The predicted octanol–water partition coefficient (Wildman–Crippen LogP) is 0.961. The summed E-state index contributed by atoms with van der Waals surface area (Å²) in [6.45, 7) is 3.55. The van der Waals surface area contributed by atoms with Crippen LogP contribution >= 0.6 is 0 Å². The zero-order chi connectivity index (χ0) is 10.6. The highest BCUT2D eigenvalue weighted by molar-refractivity contribution is 5.81. The normalized spacial score (nSPS) is 18.2. The second-order valence-corrected chi connectivity index (χ2v) is 3.86. The Hall–Kier alpha value is -1.06. The van der Waals surface area contributed by atoms with Crippen molar-refractivity contribution in [3.05, 3.63) is 0 Å². The fourth-order valence-corrected chi connectivity index (χ4v) is 1.89. The molecule has 0 unspecified atom stereocenters. The first-order chi connectivity index (χ1) is 6.65. The van der Waals surface area contributed by atoms with Crippen LogP contribution in [0.25, 0.3) is 0 Å². The van der Waals surface area contributed by atoms with Gasteiger partial charge in [0.1, 0.15) is 5.78 Å². The lowest BCUT2D eigenvalue weighted by atomic mass is 9.90. The van der Waals surface area contributed by atoms with Gasteiger partial charge >= 0.3 is 0 Å². The molecule has 0 spiro atoms. The molecule has 0 bridgehead atoms. The van der Waals surface area contributed by atoms with E-state index >= 15 is 0 Å². The standard InChI is InChI=1S/C10H19N3O/c1-2-3-9(14)8-4-6-13(7-5-8)10(11)12/h8H,2-7H2,1H3,(H3,11,12). The molecule has 1 fully saturated rings. The van der Waals surface area contributed by atoms with Gasteiger partial charge < -0.3 is 10.6 Å². The number of likely N-dealkylation sites (tertiary alicyclic amines) is 1. The number of nitrogens with two attached hydrogens (primary N) is 1. The number of piperidine rings is 1. The van der Waals surface area contributed by atoms with E-state index in [2.05, 4.69) is 0 Å². The van der Waals surface area contributed by atoms with Gasteiger partial charge in [0.2, 0.25) is 0 Å². The van der Waals surface area contributed by atoms with E-state index in [1.165, 1.54) is 0 Å². The molecule has 14 heavy (non-hydrogen) atoms. The minimum Gasteiger partial charge on any atom is -0.370 e. The van der Waals surface area contributed by atoms with Crippen LogP contribution in [0.5, 0.6) is 0 Å². The summed E-state index contributed by atoms with van der Waals surface area (Å²) in [6, 6.07) is 0. The van der Waals surface area contributed by atoms with Gasteiger partial charge in [0.25, 0.3) is 0 Å². The summed E-state index contributed by atoms with van der Waals surface area (Å²) >= 11 is 0. The molecule has 0 atom stereocenters. The summed E-state index contributed by atoms with van der Waals surface area (Å²) in [6.07, 6.45) is 3.35. The number of carbonyl (C=O) groups excluding carboxylic acids is 1. The third-order valence-electron chi connectivity index (χ3n) is 2.79. The summed E-state index contributed by atoms with van der Waals surface area (Å²) in [7, 11) is 0. The average Bonchev–Trinajstić information content (AvgIpc) is 2.18. The van der Waals surface area contributed by atoms with Gasteiger partial charge in [-0.1, -0.05) is 6.92 Å². The lowest BCUT2D eigenvalue weighted by Crippen LogP contribution is -2.43. The van der Waals surface area contributed by atoms with Crippen molar-refractivity contribution in [1.82, 2.24) is 4.90 Å². The summed E-state index contributed by atoms with van der Waals surface area (Å²) in [5.74, 6) is 0.729. The van der Waals surface area contributed by atoms with Crippen molar-refractivity contribution in [2.75, 3.05) is 13.1 Å². The molecular weight excluding hydrogens is 178 g/mol. The van der Waals surface area contributed by atoms with Gasteiger partial charge in [-0.05, 0) is 19.3 Å². The van der Waals surface area contributed by atoms with Gasteiger partial charge in [-0.25, -0.2) is 0 Å². The Morgan fingerprint density at radius 2 is 2.07 bits per heavy atom. The minimum atomic E-state index is 0.131. The van der Waals surface area contributed by atoms with E-state index < -0.39 is 0 Å². The molecule has 1 rings (SSSR count). The Morgan fingerprint density at radius 3 is 2.50 bits per heavy atom. The van der Waals surface area contributed by atoms with E-state index in [4.69, 9.17) is 11.1 Å². The van der Waals surface area contributed by atoms with Crippen molar-refractivity contribution in [3.63, 3.8) is 0 Å². The first kappa shape index (κ1) is 11.0. The summed E-state index contributed by atoms with van der Waals surface area (Å²) in [5.41, 5.74) is 5.37. The van der Waals surface area contributed by atoms with E-state index in [1.54, 1.807) is 0 Å². The topological polar surface area (TPSA) is 70.2 Å². The summed E-state index contributed by atoms with van der Waals surface area (Å²) in [5, 5.41) is 7.26. The van der Waals surface area contributed by atoms with Crippen molar-refractivity contribution in [2.24, 2.45) is 11.7 Å². The second kappa shape index (κ2) is 4.98. The lowest BCUT2D eigenvalue weighted by Gasteiger charge is -2.31. The van der Waals surface area contributed by atoms with Crippen molar-refractivity contribution in [3.8, 4) is 0 Å². The largest absolute Gasteiger partial charge is 0.370 e. The van der Waals surface area contributed by atoms with E-state index in [1.807, 2.05) is 11.8 Å². The molecule has 3 N–H and O–H groups in total. The molecule has 0 aromatic heterocycles. The van der Waals surface area contributed by atoms with Crippen LogP contribution in [-0.2, 0) is 4.79 Å². The van der Waals surface area contributed by atoms with Crippen LogP contribution in [0.4, 0.5) is 0 Å². The van der Waals surface area contributed by atoms with Crippen molar-refractivity contribution >= 4 is 11.7 Å². The Morgan fingerprint density at radius 1 is 1.50 bits per heavy atom. The van der Waals surface area contributed by atoms with Crippen LogP contribution in [0.2, 0.25) is 0 Å². The Bertz CT molecular complexity index is 219.